The van der Waals surface area contributed by atoms with E-state index in [1.807, 2.05) is 30.7 Å². The van der Waals surface area contributed by atoms with Gasteiger partial charge in [0.1, 0.15) is 5.82 Å². The van der Waals surface area contributed by atoms with Crippen molar-refractivity contribution < 1.29 is 9.50 Å². The van der Waals surface area contributed by atoms with Crippen LogP contribution in [0.1, 0.15) is 35.4 Å². The van der Waals surface area contributed by atoms with Gasteiger partial charge in [-0.05, 0) is 32.8 Å². The number of nitrogens with one attached hydrogen (secondary N) is 1. The van der Waals surface area contributed by atoms with E-state index in [4.69, 9.17) is 5.11 Å². The van der Waals surface area contributed by atoms with Crippen LogP contribution in [0.2, 0.25) is 0 Å². The average molecular weight is 303 g/mol. The molecule has 1 fully saturated rings. The lowest BCUT2D eigenvalue weighted by Crippen LogP contribution is -2.29. The third-order valence-electron chi connectivity index (χ3n) is 4.59. The molecule has 1 heterocycles. The first-order chi connectivity index (χ1) is 10.6. The second-order valence-corrected chi connectivity index (χ2v) is 6.01. The van der Waals surface area contributed by atoms with Crippen molar-refractivity contribution in [3.63, 3.8) is 0 Å². The van der Waals surface area contributed by atoms with Gasteiger partial charge in [-0.25, -0.2) is 4.39 Å². The van der Waals surface area contributed by atoms with Crippen LogP contribution >= 0.6 is 0 Å². The predicted octanol–water partition coefficient (Wildman–Crippen LogP) is 2.41. The Morgan fingerprint density at radius 1 is 1.32 bits per heavy atom. The summed E-state index contributed by atoms with van der Waals surface area (Å²) in [5, 5.41) is 17.1. The summed E-state index contributed by atoms with van der Waals surface area (Å²) in [5.74, 6) is -0.142. The highest BCUT2D eigenvalue weighted by Crippen LogP contribution is 2.46. The van der Waals surface area contributed by atoms with Crippen molar-refractivity contribution in [2.24, 2.45) is 0 Å². The number of hydrogen-bond acceptors (Lipinski definition) is 3. The molecule has 0 bridgehead atoms. The summed E-state index contributed by atoms with van der Waals surface area (Å²) < 4.78 is 15.9. The lowest BCUT2D eigenvalue weighted by molar-refractivity contribution is 0.267. The molecule has 22 heavy (non-hydrogen) atoms. The Labute approximate surface area is 130 Å². The van der Waals surface area contributed by atoms with E-state index in [0.29, 0.717) is 13.1 Å². The first-order valence-corrected chi connectivity index (χ1v) is 7.71. The van der Waals surface area contributed by atoms with Gasteiger partial charge in [0.05, 0.1) is 18.8 Å². The summed E-state index contributed by atoms with van der Waals surface area (Å²) >= 11 is 0. The minimum atomic E-state index is -0.233. The molecule has 2 aromatic rings. The number of nitrogens with zero attached hydrogens (tertiary/aromatic N) is 2. The van der Waals surface area contributed by atoms with E-state index in [0.717, 1.165) is 35.4 Å². The number of benzene rings is 1. The smallest absolute Gasteiger partial charge is 0.128 e. The fourth-order valence-corrected chi connectivity index (χ4v) is 3.08. The van der Waals surface area contributed by atoms with Gasteiger partial charge in [-0.15, -0.1) is 0 Å². The predicted molar refractivity (Wildman–Crippen MR) is 82.9 cm³/mol. The minimum Gasteiger partial charge on any atom is -0.394 e. The van der Waals surface area contributed by atoms with Crippen LogP contribution in [-0.4, -0.2) is 21.5 Å². The maximum atomic E-state index is 14.0. The number of hydrogen-bond donors (Lipinski definition) is 2. The zero-order valence-electron chi connectivity index (χ0n) is 13.1. The highest BCUT2D eigenvalue weighted by Gasteiger charge is 2.45. The molecule has 3 rings (SSSR count). The monoisotopic (exact) mass is 303 g/mol. The van der Waals surface area contributed by atoms with Crippen LogP contribution < -0.4 is 5.32 Å². The third kappa shape index (κ3) is 2.66. The molecule has 0 atom stereocenters. The van der Waals surface area contributed by atoms with Gasteiger partial charge in [-0.2, -0.15) is 5.10 Å². The van der Waals surface area contributed by atoms with Crippen LogP contribution in [-0.2, 0) is 18.6 Å². The Morgan fingerprint density at radius 2 is 2.05 bits per heavy atom. The summed E-state index contributed by atoms with van der Waals surface area (Å²) in [7, 11) is 0. The molecule has 1 aliphatic rings. The van der Waals surface area contributed by atoms with E-state index in [-0.39, 0.29) is 18.0 Å². The molecule has 1 aliphatic carbocycles. The zero-order chi connectivity index (χ0) is 15.7. The molecule has 118 valence electrons. The highest BCUT2D eigenvalue weighted by molar-refractivity contribution is 5.32. The maximum Gasteiger partial charge on any atom is 0.128 e. The van der Waals surface area contributed by atoms with E-state index in [9.17, 15) is 4.39 Å². The van der Waals surface area contributed by atoms with Crippen LogP contribution in [0.15, 0.2) is 24.3 Å². The molecule has 0 unspecified atom stereocenters. The van der Waals surface area contributed by atoms with Crippen molar-refractivity contribution in [1.29, 1.82) is 0 Å². The molecule has 0 radical (unpaired) electrons. The van der Waals surface area contributed by atoms with E-state index < -0.39 is 0 Å². The van der Waals surface area contributed by atoms with Crippen molar-refractivity contribution in [1.82, 2.24) is 15.1 Å². The van der Waals surface area contributed by atoms with E-state index in [1.165, 1.54) is 6.07 Å². The molecule has 5 heteroatoms. The number of rotatable bonds is 6. The molecule has 1 saturated carbocycles. The second-order valence-electron chi connectivity index (χ2n) is 6.01. The number of aliphatic hydroxyl groups is 1. The molecule has 0 saturated heterocycles. The summed E-state index contributed by atoms with van der Waals surface area (Å²) in [6.45, 7) is 5.23. The Hall–Kier alpha value is -1.72. The summed E-state index contributed by atoms with van der Waals surface area (Å²) in [5.41, 5.74) is 3.68. The number of halogens is 1. The normalized spacial score (nSPS) is 16.0. The van der Waals surface area contributed by atoms with Crippen molar-refractivity contribution in [2.45, 2.75) is 45.3 Å². The molecule has 0 amide bonds. The van der Waals surface area contributed by atoms with Gasteiger partial charge in [0.25, 0.3) is 0 Å². The van der Waals surface area contributed by atoms with Crippen LogP contribution in [0, 0.1) is 19.7 Å². The van der Waals surface area contributed by atoms with Crippen LogP contribution in [0.3, 0.4) is 0 Å². The largest absolute Gasteiger partial charge is 0.394 e. The van der Waals surface area contributed by atoms with E-state index in [2.05, 4.69) is 10.4 Å². The third-order valence-corrected chi connectivity index (χ3v) is 4.59. The number of aliphatic hydroxyl groups excluding tert-OH is 1. The van der Waals surface area contributed by atoms with Gasteiger partial charge in [0, 0.05) is 28.9 Å². The summed E-state index contributed by atoms with van der Waals surface area (Å²) in [4.78, 5) is 0. The Kier molecular flexibility index (Phi) is 4.02. The first-order valence-electron chi connectivity index (χ1n) is 7.71. The van der Waals surface area contributed by atoms with Gasteiger partial charge in [-0.1, -0.05) is 18.2 Å². The number of aryl methyl sites for hydroxylation is 1. The van der Waals surface area contributed by atoms with E-state index in [1.54, 1.807) is 6.07 Å². The van der Waals surface area contributed by atoms with Gasteiger partial charge in [-0.3, -0.25) is 4.68 Å². The Balaban J connectivity index is 1.77. The summed E-state index contributed by atoms with van der Waals surface area (Å²) in [6.07, 6.45) is 1.91. The topological polar surface area (TPSA) is 50.1 Å². The van der Waals surface area contributed by atoms with Crippen LogP contribution in [0.25, 0.3) is 0 Å². The molecule has 1 aromatic carbocycles. The fraction of sp³-hybridized carbons (Fsp3) is 0.471. The Morgan fingerprint density at radius 3 is 2.68 bits per heavy atom. The molecule has 0 aliphatic heterocycles. The first kappa shape index (κ1) is 15.2. The maximum absolute atomic E-state index is 14.0. The van der Waals surface area contributed by atoms with Gasteiger partial charge < -0.3 is 10.4 Å². The van der Waals surface area contributed by atoms with Crippen molar-refractivity contribution in [3.05, 3.63) is 52.6 Å². The minimum absolute atomic E-state index is 0.0774. The van der Waals surface area contributed by atoms with Crippen molar-refractivity contribution in [3.8, 4) is 0 Å². The lowest BCUT2D eigenvalue weighted by atomic mass is 10.0. The van der Waals surface area contributed by atoms with Gasteiger partial charge in [0.2, 0.25) is 0 Å². The molecule has 2 N–H and O–H groups in total. The van der Waals surface area contributed by atoms with Crippen molar-refractivity contribution in [2.75, 3.05) is 6.61 Å². The molecular formula is C17H22FN3O. The Bertz CT molecular complexity index is 677. The van der Waals surface area contributed by atoms with E-state index >= 15 is 0 Å². The second kappa shape index (κ2) is 5.82. The van der Waals surface area contributed by atoms with Gasteiger partial charge in [0.15, 0.2) is 0 Å². The number of aromatic nitrogens is 2. The molecular weight excluding hydrogens is 281 g/mol. The zero-order valence-corrected chi connectivity index (χ0v) is 13.1. The van der Waals surface area contributed by atoms with Crippen LogP contribution in [0.5, 0.6) is 0 Å². The van der Waals surface area contributed by atoms with Crippen molar-refractivity contribution >= 4 is 0 Å². The average Bonchev–Trinajstić information content (AvgIpc) is 3.23. The molecule has 4 nitrogen and oxygen atoms in total. The lowest BCUT2D eigenvalue weighted by Gasteiger charge is -2.19. The standard InChI is InChI=1S/C17H22FN3O/c1-12-14(13(2)21(20-12)9-10-22)11-19-17(7-8-17)15-5-3-4-6-16(15)18/h3-6,19,22H,7-11H2,1-2H3. The van der Waals surface area contributed by atoms with Crippen LogP contribution in [0.4, 0.5) is 4.39 Å². The SMILES string of the molecule is Cc1nn(CCO)c(C)c1CNC1(c2ccccc2F)CC1. The summed E-state index contributed by atoms with van der Waals surface area (Å²) in [6, 6.07) is 7.00. The quantitative estimate of drug-likeness (QED) is 0.861. The molecule has 1 aromatic heterocycles. The highest BCUT2D eigenvalue weighted by atomic mass is 19.1. The van der Waals surface area contributed by atoms with Gasteiger partial charge >= 0.3 is 0 Å². The molecule has 0 spiro atoms. The fourth-order valence-electron chi connectivity index (χ4n) is 3.08.